The number of para-hydroxylation sites is 1. The highest BCUT2D eigenvalue weighted by Gasteiger charge is 2.22. The second-order valence-electron chi connectivity index (χ2n) is 8.58. The molecule has 33 heavy (non-hydrogen) atoms. The molecule has 0 spiro atoms. The molecule has 1 fully saturated rings. The average molecular weight is 452 g/mol. The molecule has 0 amide bonds. The number of methoxy groups -OCH3 is 2. The van der Waals surface area contributed by atoms with Gasteiger partial charge in [0.05, 0.1) is 19.7 Å². The molecule has 0 aliphatic heterocycles. The molecule has 7 nitrogen and oxygen atoms in total. The highest BCUT2D eigenvalue weighted by atomic mass is 16.5. The highest BCUT2D eigenvalue weighted by Crippen LogP contribution is 2.27. The van der Waals surface area contributed by atoms with Gasteiger partial charge in [-0.15, -0.1) is 0 Å². The van der Waals surface area contributed by atoms with Crippen molar-refractivity contribution in [3.8, 4) is 11.5 Å². The second-order valence-corrected chi connectivity index (χ2v) is 8.58. The van der Waals surface area contributed by atoms with E-state index in [9.17, 15) is 0 Å². The van der Waals surface area contributed by atoms with Crippen LogP contribution in [0.5, 0.6) is 11.5 Å². The number of fused-ring (bicyclic) bond motifs is 1. The van der Waals surface area contributed by atoms with Gasteiger partial charge in [0, 0.05) is 44.2 Å². The van der Waals surface area contributed by atoms with Crippen molar-refractivity contribution in [2.75, 3.05) is 38.5 Å². The zero-order valence-electron chi connectivity index (χ0n) is 19.4. The molecule has 0 saturated heterocycles. The Kier molecular flexibility index (Phi) is 8.33. The number of hydrogen-bond acceptors (Lipinski definition) is 7. The Morgan fingerprint density at radius 1 is 0.909 bits per heavy atom. The van der Waals surface area contributed by atoms with Crippen LogP contribution in [-0.4, -0.2) is 50.4 Å². The van der Waals surface area contributed by atoms with Crippen LogP contribution in [0.4, 0.5) is 11.8 Å². The van der Waals surface area contributed by atoms with Crippen molar-refractivity contribution in [2.24, 2.45) is 0 Å². The lowest BCUT2D eigenvalue weighted by atomic mass is 9.91. The molecular weight excluding hydrogens is 414 g/mol. The zero-order valence-corrected chi connectivity index (χ0v) is 19.4. The van der Waals surface area contributed by atoms with Crippen molar-refractivity contribution in [3.63, 3.8) is 0 Å². The minimum Gasteiger partial charge on any atom is -0.497 e. The van der Waals surface area contributed by atoms with Crippen LogP contribution in [0.3, 0.4) is 0 Å². The van der Waals surface area contributed by atoms with E-state index in [1.165, 1.54) is 5.56 Å². The predicted molar refractivity (Wildman–Crippen MR) is 137 cm³/mol. The number of rotatable bonds is 8. The monoisotopic (exact) mass is 451 g/mol. The quantitative estimate of drug-likeness (QED) is 0.507. The molecule has 2 N–H and O–H groups in total. The van der Waals surface area contributed by atoms with Crippen LogP contribution in [0.25, 0.3) is 10.9 Å². The first kappa shape index (κ1) is 24.6. The van der Waals surface area contributed by atoms with Gasteiger partial charge in [-0.3, -0.25) is 0 Å². The first-order valence-electron chi connectivity index (χ1n) is 11.2. The van der Waals surface area contributed by atoms with E-state index in [-0.39, 0.29) is 7.43 Å². The fraction of sp³-hybridized carbons (Fsp3) is 0.462. The van der Waals surface area contributed by atoms with E-state index < -0.39 is 0 Å². The molecule has 178 valence electrons. The Bertz CT molecular complexity index is 1030. The van der Waals surface area contributed by atoms with Gasteiger partial charge in [-0.25, -0.2) is 4.98 Å². The predicted octanol–water partition coefficient (Wildman–Crippen LogP) is 4.86. The largest absolute Gasteiger partial charge is 0.497 e. The maximum Gasteiger partial charge on any atom is 0.225 e. The van der Waals surface area contributed by atoms with Gasteiger partial charge in [-0.2, -0.15) is 4.98 Å². The van der Waals surface area contributed by atoms with E-state index >= 15 is 0 Å². The molecule has 4 rings (SSSR count). The van der Waals surface area contributed by atoms with Crippen molar-refractivity contribution in [2.45, 2.75) is 51.7 Å². The van der Waals surface area contributed by atoms with Gasteiger partial charge in [0.25, 0.3) is 0 Å². The fourth-order valence-corrected chi connectivity index (χ4v) is 4.32. The molecule has 0 bridgehead atoms. The Labute approximate surface area is 197 Å². The summed E-state index contributed by atoms with van der Waals surface area (Å²) in [5, 5.41) is 8.35. The molecule has 0 radical (unpaired) electrons. The molecule has 1 aliphatic carbocycles. The first-order chi connectivity index (χ1) is 15.6. The van der Waals surface area contributed by atoms with Gasteiger partial charge < -0.3 is 25.0 Å². The van der Waals surface area contributed by atoms with Crippen LogP contribution in [0.15, 0.2) is 42.5 Å². The summed E-state index contributed by atoms with van der Waals surface area (Å²) in [5.74, 6) is 3.30. The Morgan fingerprint density at radius 3 is 2.18 bits per heavy atom. The van der Waals surface area contributed by atoms with E-state index in [0.29, 0.717) is 18.0 Å². The molecule has 3 aromatic rings. The molecule has 1 aliphatic rings. The number of benzene rings is 2. The third-order valence-electron chi connectivity index (χ3n) is 6.07. The Balaban J connectivity index is 0.00000306. The lowest BCUT2D eigenvalue weighted by molar-refractivity contribution is 0.351. The number of anilines is 2. The van der Waals surface area contributed by atoms with Crippen molar-refractivity contribution in [1.29, 1.82) is 0 Å². The lowest BCUT2D eigenvalue weighted by Gasteiger charge is -2.30. The smallest absolute Gasteiger partial charge is 0.225 e. The second kappa shape index (κ2) is 11.2. The number of nitrogens with one attached hydrogen (secondary N) is 2. The van der Waals surface area contributed by atoms with Crippen LogP contribution >= 0.6 is 0 Å². The van der Waals surface area contributed by atoms with Gasteiger partial charge >= 0.3 is 0 Å². The van der Waals surface area contributed by atoms with Crippen LogP contribution < -0.4 is 25.0 Å². The van der Waals surface area contributed by atoms with Crippen molar-refractivity contribution >= 4 is 22.7 Å². The molecule has 1 heterocycles. The first-order valence-corrected chi connectivity index (χ1v) is 11.2. The summed E-state index contributed by atoms with van der Waals surface area (Å²) >= 11 is 0. The Hall–Kier alpha value is -3.06. The maximum atomic E-state index is 5.38. The van der Waals surface area contributed by atoms with Crippen LogP contribution in [0.1, 0.15) is 38.7 Å². The normalized spacial score (nSPS) is 17.8. The minimum atomic E-state index is 0. The van der Waals surface area contributed by atoms with Crippen LogP contribution in [0, 0.1) is 0 Å². The standard InChI is InChI=1S/C25H33N5O2.CH4/c1-30(2)24-22-7-5-6-8-23(22)28-25(29-24)27-19-11-9-18(10-12-19)26-16-17-13-20(31-3)15-21(14-17)32-4;/h5-8,13-15,18-19,26H,9-12,16H2,1-4H3,(H,27,28,29);1H4. The fourth-order valence-electron chi connectivity index (χ4n) is 4.32. The summed E-state index contributed by atoms with van der Waals surface area (Å²) in [6.45, 7) is 0.802. The van der Waals surface area contributed by atoms with E-state index in [4.69, 9.17) is 19.4 Å². The Morgan fingerprint density at radius 2 is 1.55 bits per heavy atom. The third-order valence-corrected chi connectivity index (χ3v) is 6.07. The number of nitrogens with zero attached hydrogens (tertiary/aromatic N) is 3. The van der Waals surface area contributed by atoms with E-state index in [1.807, 2.05) is 43.3 Å². The molecule has 1 aromatic heterocycles. The molecular formula is C26H37N5O2. The van der Waals surface area contributed by atoms with E-state index in [0.717, 1.165) is 60.4 Å². The number of ether oxygens (including phenoxy) is 2. The molecule has 2 aromatic carbocycles. The van der Waals surface area contributed by atoms with Gasteiger partial charge in [-0.1, -0.05) is 19.6 Å². The van der Waals surface area contributed by atoms with Crippen LogP contribution in [-0.2, 0) is 6.54 Å². The van der Waals surface area contributed by atoms with Crippen LogP contribution in [0.2, 0.25) is 0 Å². The molecule has 7 heteroatoms. The SMILES string of the molecule is C.COc1cc(CNC2CCC(Nc3nc(N(C)C)c4ccccc4n3)CC2)cc(OC)c1. The van der Waals surface area contributed by atoms with Crippen molar-refractivity contribution in [3.05, 3.63) is 48.0 Å². The summed E-state index contributed by atoms with van der Waals surface area (Å²) in [4.78, 5) is 11.6. The van der Waals surface area contributed by atoms with Crippen molar-refractivity contribution in [1.82, 2.24) is 15.3 Å². The minimum absolute atomic E-state index is 0. The number of hydrogen-bond donors (Lipinski definition) is 2. The topological polar surface area (TPSA) is 71.5 Å². The molecule has 1 saturated carbocycles. The van der Waals surface area contributed by atoms with Crippen molar-refractivity contribution < 1.29 is 9.47 Å². The van der Waals surface area contributed by atoms with Gasteiger partial charge in [-0.05, 0) is 55.5 Å². The third kappa shape index (κ3) is 6.05. The lowest BCUT2D eigenvalue weighted by Crippen LogP contribution is -2.37. The summed E-state index contributed by atoms with van der Waals surface area (Å²) < 4.78 is 10.8. The average Bonchev–Trinajstić information content (AvgIpc) is 2.82. The zero-order chi connectivity index (χ0) is 22.5. The van der Waals surface area contributed by atoms with Gasteiger partial charge in [0.1, 0.15) is 17.3 Å². The van der Waals surface area contributed by atoms with E-state index in [2.05, 4.69) is 28.8 Å². The van der Waals surface area contributed by atoms with Gasteiger partial charge in [0.15, 0.2) is 0 Å². The summed E-state index contributed by atoms with van der Waals surface area (Å²) in [6.07, 6.45) is 4.42. The molecule has 0 atom stereocenters. The highest BCUT2D eigenvalue weighted by molar-refractivity contribution is 5.90. The van der Waals surface area contributed by atoms with Gasteiger partial charge in [0.2, 0.25) is 5.95 Å². The maximum absolute atomic E-state index is 5.38. The van der Waals surface area contributed by atoms with E-state index in [1.54, 1.807) is 14.2 Å². The number of aromatic nitrogens is 2. The summed E-state index contributed by atoms with van der Waals surface area (Å²) in [5.41, 5.74) is 2.14. The summed E-state index contributed by atoms with van der Waals surface area (Å²) in [6, 6.07) is 15.1. The molecule has 0 unspecified atom stereocenters. The summed E-state index contributed by atoms with van der Waals surface area (Å²) in [7, 11) is 7.41.